The van der Waals surface area contributed by atoms with E-state index >= 15 is 0 Å². The average Bonchev–Trinajstić information content (AvgIpc) is 2.36. The van der Waals surface area contributed by atoms with Crippen LogP contribution in [-0.2, 0) is 17.8 Å². The van der Waals surface area contributed by atoms with Gasteiger partial charge >= 0.3 is 0 Å². The molecule has 0 aliphatic rings. The fourth-order valence-electron chi connectivity index (χ4n) is 1.74. The molecule has 4 nitrogen and oxygen atoms in total. The molecule has 0 fully saturated rings. The van der Waals surface area contributed by atoms with Crippen LogP contribution in [0.15, 0.2) is 24.3 Å². The lowest BCUT2D eigenvalue weighted by Gasteiger charge is -2.21. The lowest BCUT2D eigenvalue weighted by atomic mass is 10.1. The van der Waals surface area contributed by atoms with Crippen LogP contribution in [-0.4, -0.2) is 43.4 Å². The molecule has 0 atom stereocenters. The Kier molecular flexibility index (Phi) is 6.81. The van der Waals surface area contributed by atoms with Gasteiger partial charge in [-0.25, -0.2) is 0 Å². The Labute approximate surface area is 103 Å². The van der Waals surface area contributed by atoms with Crippen molar-refractivity contribution in [2.45, 2.75) is 13.1 Å². The van der Waals surface area contributed by atoms with E-state index in [1.165, 1.54) is 5.56 Å². The SMILES string of the molecule is COCCN(CCO)Cc1cccc(CN)c1. The van der Waals surface area contributed by atoms with Gasteiger partial charge in [-0.15, -0.1) is 0 Å². The zero-order chi connectivity index (χ0) is 12.5. The quantitative estimate of drug-likeness (QED) is 0.696. The van der Waals surface area contributed by atoms with Crippen LogP contribution >= 0.6 is 0 Å². The highest BCUT2D eigenvalue weighted by atomic mass is 16.5. The summed E-state index contributed by atoms with van der Waals surface area (Å²) in [4.78, 5) is 2.17. The monoisotopic (exact) mass is 238 g/mol. The predicted molar refractivity (Wildman–Crippen MR) is 68.6 cm³/mol. The zero-order valence-electron chi connectivity index (χ0n) is 10.4. The Bertz CT molecular complexity index is 318. The molecule has 1 aromatic carbocycles. The Morgan fingerprint density at radius 3 is 2.71 bits per heavy atom. The average molecular weight is 238 g/mol. The molecule has 0 heterocycles. The number of nitrogens with zero attached hydrogens (tertiary/aromatic N) is 1. The molecule has 0 saturated heterocycles. The minimum atomic E-state index is 0.167. The first kappa shape index (κ1) is 14.1. The molecule has 17 heavy (non-hydrogen) atoms. The highest BCUT2D eigenvalue weighted by Gasteiger charge is 2.05. The van der Waals surface area contributed by atoms with E-state index in [2.05, 4.69) is 17.0 Å². The van der Waals surface area contributed by atoms with Crippen LogP contribution in [0.3, 0.4) is 0 Å². The van der Waals surface area contributed by atoms with E-state index < -0.39 is 0 Å². The molecule has 1 rings (SSSR count). The topological polar surface area (TPSA) is 58.7 Å². The summed E-state index contributed by atoms with van der Waals surface area (Å²) in [6.45, 7) is 3.71. The summed E-state index contributed by atoms with van der Waals surface area (Å²) >= 11 is 0. The van der Waals surface area contributed by atoms with Crippen molar-refractivity contribution in [2.75, 3.05) is 33.4 Å². The normalized spacial score (nSPS) is 11.1. The van der Waals surface area contributed by atoms with E-state index in [4.69, 9.17) is 15.6 Å². The summed E-state index contributed by atoms with van der Waals surface area (Å²) in [6, 6.07) is 8.23. The van der Waals surface area contributed by atoms with E-state index in [9.17, 15) is 0 Å². The third kappa shape index (κ3) is 5.28. The zero-order valence-corrected chi connectivity index (χ0v) is 10.4. The van der Waals surface area contributed by atoms with Crippen LogP contribution in [0.5, 0.6) is 0 Å². The summed E-state index contributed by atoms with van der Waals surface area (Å²) in [5.74, 6) is 0. The number of benzene rings is 1. The molecule has 1 aromatic rings. The van der Waals surface area contributed by atoms with Gasteiger partial charge in [0.2, 0.25) is 0 Å². The molecule has 0 amide bonds. The maximum Gasteiger partial charge on any atom is 0.0589 e. The number of hydrogen-bond donors (Lipinski definition) is 2. The highest BCUT2D eigenvalue weighted by Crippen LogP contribution is 2.08. The third-order valence-electron chi connectivity index (χ3n) is 2.66. The van der Waals surface area contributed by atoms with Gasteiger partial charge in [-0.2, -0.15) is 0 Å². The van der Waals surface area contributed by atoms with Gasteiger partial charge in [0.25, 0.3) is 0 Å². The summed E-state index contributed by atoms with van der Waals surface area (Å²) in [6.07, 6.45) is 0. The smallest absolute Gasteiger partial charge is 0.0589 e. The highest BCUT2D eigenvalue weighted by molar-refractivity contribution is 5.23. The molecule has 3 N–H and O–H groups in total. The first-order chi connectivity index (χ1) is 8.30. The van der Waals surface area contributed by atoms with Gasteiger partial charge in [0.15, 0.2) is 0 Å². The van der Waals surface area contributed by atoms with Crippen molar-refractivity contribution in [3.8, 4) is 0 Å². The number of nitrogens with two attached hydrogens (primary N) is 1. The summed E-state index contributed by atoms with van der Waals surface area (Å²) < 4.78 is 5.06. The number of methoxy groups -OCH3 is 1. The van der Waals surface area contributed by atoms with Crippen LogP contribution in [0.4, 0.5) is 0 Å². The summed E-state index contributed by atoms with van der Waals surface area (Å²) in [7, 11) is 1.69. The van der Waals surface area contributed by atoms with E-state index in [1.807, 2.05) is 12.1 Å². The van der Waals surface area contributed by atoms with Crippen LogP contribution in [0.2, 0.25) is 0 Å². The van der Waals surface area contributed by atoms with Crippen molar-refractivity contribution >= 4 is 0 Å². The first-order valence-corrected chi connectivity index (χ1v) is 5.90. The largest absolute Gasteiger partial charge is 0.395 e. The van der Waals surface area contributed by atoms with E-state index in [1.54, 1.807) is 7.11 Å². The van der Waals surface area contributed by atoms with E-state index in [0.29, 0.717) is 19.7 Å². The second-order valence-corrected chi connectivity index (χ2v) is 4.02. The van der Waals surface area contributed by atoms with Gasteiger partial charge in [-0.05, 0) is 11.1 Å². The molecule has 0 aliphatic carbocycles. The molecule has 96 valence electrons. The molecule has 0 aromatic heterocycles. The Hall–Kier alpha value is -0.940. The molecule has 0 radical (unpaired) electrons. The molecule has 0 saturated carbocycles. The van der Waals surface area contributed by atoms with Gasteiger partial charge in [0, 0.05) is 33.3 Å². The first-order valence-electron chi connectivity index (χ1n) is 5.90. The Balaban J connectivity index is 2.57. The third-order valence-corrected chi connectivity index (χ3v) is 2.66. The summed E-state index contributed by atoms with van der Waals surface area (Å²) in [5, 5.41) is 9.01. The minimum absolute atomic E-state index is 0.167. The van der Waals surface area contributed by atoms with Gasteiger partial charge < -0.3 is 15.6 Å². The van der Waals surface area contributed by atoms with Crippen molar-refractivity contribution in [3.05, 3.63) is 35.4 Å². The Morgan fingerprint density at radius 1 is 1.29 bits per heavy atom. The van der Waals surface area contributed by atoms with Crippen LogP contribution in [0, 0.1) is 0 Å². The molecular formula is C13H22N2O2. The molecular weight excluding hydrogens is 216 g/mol. The standard InChI is InChI=1S/C13H22N2O2/c1-17-8-6-15(5-7-16)11-13-4-2-3-12(9-13)10-14/h2-4,9,16H,5-8,10-11,14H2,1H3. The fourth-order valence-corrected chi connectivity index (χ4v) is 1.74. The molecule has 0 spiro atoms. The Morgan fingerprint density at radius 2 is 2.06 bits per heavy atom. The maximum atomic E-state index is 9.01. The number of aliphatic hydroxyl groups excluding tert-OH is 1. The van der Waals surface area contributed by atoms with Gasteiger partial charge in [0.05, 0.1) is 13.2 Å². The second kappa shape index (κ2) is 8.20. The number of rotatable bonds is 8. The lowest BCUT2D eigenvalue weighted by Crippen LogP contribution is -2.29. The predicted octanol–water partition coefficient (Wildman–Crippen LogP) is 0.586. The van der Waals surface area contributed by atoms with Gasteiger partial charge in [0.1, 0.15) is 0 Å². The van der Waals surface area contributed by atoms with Crippen LogP contribution in [0.25, 0.3) is 0 Å². The van der Waals surface area contributed by atoms with Crippen molar-refractivity contribution in [3.63, 3.8) is 0 Å². The maximum absolute atomic E-state index is 9.01. The van der Waals surface area contributed by atoms with Crippen molar-refractivity contribution in [2.24, 2.45) is 5.73 Å². The van der Waals surface area contributed by atoms with Crippen molar-refractivity contribution in [1.29, 1.82) is 0 Å². The van der Waals surface area contributed by atoms with Crippen LogP contribution in [0.1, 0.15) is 11.1 Å². The summed E-state index contributed by atoms with van der Waals surface area (Å²) in [5.41, 5.74) is 7.97. The lowest BCUT2D eigenvalue weighted by molar-refractivity contribution is 0.127. The van der Waals surface area contributed by atoms with E-state index in [-0.39, 0.29) is 6.61 Å². The number of aliphatic hydroxyl groups is 1. The van der Waals surface area contributed by atoms with E-state index in [0.717, 1.165) is 18.7 Å². The van der Waals surface area contributed by atoms with Crippen molar-refractivity contribution < 1.29 is 9.84 Å². The van der Waals surface area contributed by atoms with Crippen molar-refractivity contribution in [1.82, 2.24) is 4.90 Å². The minimum Gasteiger partial charge on any atom is -0.395 e. The molecule has 0 aliphatic heterocycles. The van der Waals surface area contributed by atoms with Gasteiger partial charge in [-0.3, -0.25) is 4.90 Å². The molecule has 0 bridgehead atoms. The molecule has 0 unspecified atom stereocenters. The molecule has 4 heteroatoms. The van der Waals surface area contributed by atoms with Gasteiger partial charge in [-0.1, -0.05) is 24.3 Å². The second-order valence-electron chi connectivity index (χ2n) is 4.02. The van der Waals surface area contributed by atoms with Crippen LogP contribution < -0.4 is 5.73 Å². The number of ether oxygens (including phenoxy) is 1. The fraction of sp³-hybridized carbons (Fsp3) is 0.538. The number of hydrogen-bond acceptors (Lipinski definition) is 4.